The molecule has 0 atom stereocenters. The Bertz CT molecular complexity index is 564. The van der Waals surface area contributed by atoms with Gasteiger partial charge in [0.25, 0.3) is 0 Å². The zero-order chi connectivity index (χ0) is 15.3. The molecular weight excluding hydrogens is 288 g/mol. The number of nitrogens with zero attached hydrogens (tertiary/aromatic N) is 1. The zero-order valence-corrected chi connectivity index (χ0v) is 13.1. The van der Waals surface area contributed by atoms with Crippen LogP contribution in [0.25, 0.3) is 0 Å². The Balaban J connectivity index is 1.72. The second-order valence-corrected chi connectivity index (χ2v) is 7.47. The summed E-state index contributed by atoms with van der Waals surface area (Å²) in [5.41, 5.74) is 1.15. The fraction of sp³-hybridized carbons (Fsp3) is 0.533. The van der Waals surface area contributed by atoms with Crippen molar-refractivity contribution >= 4 is 15.9 Å². The van der Waals surface area contributed by atoms with Gasteiger partial charge in [0.15, 0.2) is 0 Å². The fourth-order valence-corrected chi connectivity index (χ4v) is 3.41. The van der Waals surface area contributed by atoms with Gasteiger partial charge in [-0.1, -0.05) is 30.3 Å². The largest absolute Gasteiger partial charge is 0.353 e. The molecule has 116 valence electrons. The first-order valence-corrected chi connectivity index (χ1v) is 9.08. The number of benzene rings is 1. The van der Waals surface area contributed by atoms with Gasteiger partial charge in [0.2, 0.25) is 15.9 Å². The van der Waals surface area contributed by atoms with E-state index in [1.807, 2.05) is 30.3 Å². The van der Waals surface area contributed by atoms with Crippen LogP contribution in [0.2, 0.25) is 0 Å². The number of carbonyl (C=O) groups is 1. The predicted octanol–water partition coefficient (Wildman–Crippen LogP) is 1.16. The van der Waals surface area contributed by atoms with Crippen molar-refractivity contribution in [2.75, 3.05) is 19.3 Å². The number of hydrogen-bond donors (Lipinski definition) is 1. The third-order valence-electron chi connectivity index (χ3n) is 3.77. The van der Waals surface area contributed by atoms with Crippen molar-refractivity contribution in [1.82, 2.24) is 9.62 Å². The average molecular weight is 310 g/mol. The summed E-state index contributed by atoms with van der Waals surface area (Å²) in [6.07, 6.45) is 3.80. The first kappa shape index (κ1) is 16.0. The van der Waals surface area contributed by atoms with E-state index in [0.29, 0.717) is 32.4 Å². The van der Waals surface area contributed by atoms with E-state index < -0.39 is 10.0 Å². The smallest absolute Gasteiger partial charge is 0.220 e. The lowest BCUT2D eigenvalue weighted by molar-refractivity contribution is -0.122. The van der Waals surface area contributed by atoms with Crippen molar-refractivity contribution in [3.8, 4) is 0 Å². The van der Waals surface area contributed by atoms with Gasteiger partial charge in [-0.05, 0) is 24.8 Å². The summed E-state index contributed by atoms with van der Waals surface area (Å²) in [5, 5.41) is 3.00. The van der Waals surface area contributed by atoms with Gasteiger partial charge in [0, 0.05) is 25.6 Å². The zero-order valence-electron chi connectivity index (χ0n) is 12.3. The molecular formula is C15H22N2O3S. The van der Waals surface area contributed by atoms with Crippen LogP contribution in [0, 0.1) is 0 Å². The van der Waals surface area contributed by atoms with Crippen LogP contribution in [-0.4, -0.2) is 44.0 Å². The first-order valence-electron chi connectivity index (χ1n) is 7.23. The maximum absolute atomic E-state index is 11.9. The highest BCUT2D eigenvalue weighted by Crippen LogP contribution is 2.13. The minimum atomic E-state index is -3.10. The molecule has 0 aromatic heterocycles. The van der Waals surface area contributed by atoms with Crippen LogP contribution in [-0.2, 0) is 21.2 Å². The monoisotopic (exact) mass is 310 g/mol. The number of aryl methyl sites for hydroxylation is 1. The van der Waals surface area contributed by atoms with Crippen molar-refractivity contribution < 1.29 is 13.2 Å². The van der Waals surface area contributed by atoms with Crippen LogP contribution < -0.4 is 5.32 Å². The Labute approximate surface area is 126 Å². The molecule has 1 fully saturated rings. The molecule has 1 amide bonds. The summed E-state index contributed by atoms with van der Waals surface area (Å²) in [7, 11) is -3.10. The Hall–Kier alpha value is -1.40. The lowest BCUT2D eigenvalue weighted by Crippen LogP contribution is -2.46. The van der Waals surface area contributed by atoms with Crippen LogP contribution in [0.1, 0.15) is 24.8 Å². The van der Waals surface area contributed by atoms with E-state index >= 15 is 0 Å². The molecule has 0 aliphatic carbocycles. The number of nitrogens with one attached hydrogen (secondary N) is 1. The molecule has 0 unspecified atom stereocenters. The van der Waals surface area contributed by atoms with Crippen LogP contribution in [0.15, 0.2) is 30.3 Å². The van der Waals surface area contributed by atoms with Gasteiger partial charge >= 0.3 is 0 Å². The van der Waals surface area contributed by atoms with Crippen molar-refractivity contribution in [1.29, 1.82) is 0 Å². The van der Waals surface area contributed by atoms with E-state index in [9.17, 15) is 13.2 Å². The summed E-state index contributed by atoms with van der Waals surface area (Å²) >= 11 is 0. The van der Waals surface area contributed by atoms with Gasteiger partial charge in [-0.2, -0.15) is 0 Å². The summed E-state index contributed by atoms with van der Waals surface area (Å²) in [6.45, 7) is 0.977. The van der Waals surface area contributed by atoms with Gasteiger partial charge in [-0.25, -0.2) is 12.7 Å². The highest BCUT2D eigenvalue weighted by Gasteiger charge is 2.25. The molecule has 1 aliphatic heterocycles. The number of sulfonamides is 1. The molecule has 1 aliphatic rings. The summed E-state index contributed by atoms with van der Waals surface area (Å²) < 4.78 is 24.3. The molecule has 2 rings (SSSR count). The van der Waals surface area contributed by atoms with Gasteiger partial charge in [0.1, 0.15) is 0 Å². The molecule has 6 heteroatoms. The Kier molecular flexibility index (Phi) is 5.36. The minimum Gasteiger partial charge on any atom is -0.353 e. The molecule has 21 heavy (non-hydrogen) atoms. The molecule has 1 N–H and O–H groups in total. The number of piperidine rings is 1. The molecule has 5 nitrogen and oxygen atoms in total. The molecule has 1 heterocycles. The second kappa shape index (κ2) is 7.04. The van der Waals surface area contributed by atoms with E-state index in [1.54, 1.807) is 0 Å². The molecule has 0 radical (unpaired) electrons. The SMILES string of the molecule is CS(=O)(=O)N1CCC(NC(=O)CCc2ccccc2)CC1. The maximum Gasteiger partial charge on any atom is 0.220 e. The average Bonchev–Trinajstić information content (AvgIpc) is 2.46. The number of hydrogen-bond acceptors (Lipinski definition) is 3. The predicted molar refractivity (Wildman–Crippen MR) is 82.3 cm³/mol. The first-order chi connectivity index (χ1) is 9.95. The number of rotatable bonds is 5. The molecule has 0 spiro atoms. The molecule has 1 aromatic rings. The Morgan fingerprint density at radius 1 is 1.24 bits per heavy atom. The second-order valence-electron chi connectivity index (χ2n) is 5.49. The molecule has 1 saturated heterocycles. The highest BCUT2D eigenvalue weighted by molar-refractivity contribution is 7.88. The van der Waals surface area contributed by atoms with E-state index in [4.69, 9.17) is 0 Å². The minimum absolute atomic E-state index is 0.0386. The van der Waals surface area contributed by atoms with E-state index in [1.165, 1.54) is 10.6 Å². The fourth-order valence-electron chi connectivity index (χ4n) is 2.53. The van der Waals surface area contributed by atoms with Gasteiger partial charge in [-0.15, -0.1) is 0 Å². The van der Waals surface area contributed by atoms with Crippen molar-refractivity contribution in [2.45, 2.75) is 31.7 Å². The quantitative estimate of drug-likeness (QED) is 0.887. The van der Waals surface area contributed by atoms with Crippen molar-refractivity contribution in [3.05, 3.63) is 35.9 Å². The summed E-state index contributed by atoms with van der Waals surface area (Å²) in [4.78, 5) is 11.9. The molecule has 0 bridgehead atoms. The molecule has 1 aromatic carbocycles. The topological polar surface area (TPSA) is 66.5 Å². The van der Waals surface area contributed by atoms with Gasteiger partial charge < -0.3 is 5.32 Å². The van der Waals surface area contributed by atoms with Crippen LogP contribution in [0.5, 0.6) is 0 Å². The Morgan fingerprint density at radius 2 is 1.86 bits per heavy atom. The standard InChI is InChI=1S/C15H22N2O3S/c1-21(19,20)17-11-9-14(10-12-17)16-15(18)8-7-13-5-3-2-4-6-13/h2-6,14H,7-12H2,1H3,(H,16,18). The van der Waals surface area contributed by atoms with Crippen LogP contribution in [0.3, 0.4) is 0 Å². The normalized spacial score (nSPS) is 17.6. The van der Waals surface area contributed by atoms with Crippen molar-refractivity contribution in [3.63, 3.8) is 0 Å². The molecule has 0 saturated carbocycles. The lowest BCUT2D eigenvalue weighted by atomic mass is 10.1. The summed E-state index contributed by atoms with van der Waals surface area (Å²) in [5.74, 6) is 0.0386. The summed E-state index contributed by atoms with van der Waals surface area (Å²) in [6, 6.07) is 10.0. The number of carbonyl (C=O) groups excluding carboxylic acids is 1. The van der Waals surface area contributed by atoms with Crippen LogP contribution in [0.4, 0.5) is 0 Å². The Morgan fingerprint density at radius 3 is 2.43 bits per heavy atom. The maximum atomic E-state index is 11.9. The van der Waals surface area contributed by atoms with Gasteiger partial charge in [0.05, 0.1) is 6.26 Å². The van der Waals surface area contributed by atoms with E-state index in [-0.39, 0.29) is 11.9 Å². The highest BCUT2D eigenvalue weighted by atomic mass is 32.2. The lowest BCUT2D eigenvalue weighted by Gasteiger charge is -2.30. The van der Waals surface area contributed by atoms with Crippen LogP contribution >= 0.6 is 0 Å². The van der Waals surface area contributed by atoms with Gasteiger partial charge in [-0.3, -0.25) is 4.79 Å². The third kappa shape index (κ3) is 5.13. The third-order valence-corrected chi connectivity index (χ3v) is 5.07. The number of amides is 1. The van der Waals surface area contributed by atoms with Crippen molar-refractivity contribution in [2.24, 2.45) is 0 Å². The van der Waals surface area contributed by atoms with E-state index in [2.05, 4.69) is 5.32 Å². The van der Waals surface area contributed by atoms with E-state index in [0.717, 1.165) is 12.0 Å².